The quantitative estimate of drug-likeness (QED) is 0.767. The van der Waals surface area contributed by atoms with Gasteiger partial charge in [-0.1, -0.05) is 20.8 Å². The number of hydrogen-bond acceptors (Lipinski definition) is 6. The predicted molar refractivity (Wildman–Crippen MR) is 68.3 cm³/mol. The van der Waals surface area contributed by atoms with Gasteiger partial charge in [0.2, 0.25) is 5.95 Å². The van der Waals surface area contributed by atoms with Gasteiger partial charge < -0.3 is 10.1 Å². The Morgan fingerprint density at radius 2 is 1.94 bits per heavy atom. The first-order chi connectivity index (χ1) is 8.62. The highest BCUT2D eigenvalue weighted by atomic mass is 16.5. The number of ether oxygens (including phenoxy) is 1. The lowest BCUT2D eigenvalue weighted by Gasteiger charge is -2.11. The van der Waals surface area contributed by atoms with E-state index in [1.807, 2.05) is 13.8 Å². The fourth-order valence-corrected chi connectivity index (χ4v) is 1.54. The number of carbonyl (C=O) groups is 1. The second-order valence-electron chi connectivity index (χ2n) is 4.04. The summed E-state index contributed by atoms with van der Waals surface area (Å²) < 4.78 is 4.65. The van der Waals surface area contributed by atoms with Gasteiger partial charge >= 0.3 is 5.97 Å². The highest BCUT2D eigenvalue weighted by Gasteiger charge is 2.13. The standard InChI is InChI=1S/C12H20N4O2/c1-5-9-10(6-2)15-16-12(14-9)13-7-8(3)11(17)18-4/h8H,5-7H2,1-4H3,(H,13,14,16). The molecule has 0 spiro atoms. The molecule has 6 nitrogen and oxygen atoms in total. The van der Waals surface area contributed by atoms with E-state index in [0.29, 0.717) is 12.5 Å². The van der Waals surface area contributed by atoms with Gasteiger partial charge in [0.05, 0.1) is 24.4 Å². The monoisotopic (exact) mass is 252 g/mol. The van der Waals surface area contributed by atoms with Crippen LogP contribution in [0.5, 0.6) is 0 Å². The van der Waals surface area contributed by atoms with Gasteiger partial charge in [-0.15, -0.1) is 5.10 Å². The summed E-state index contributed by atoms with van der Waals surface area (Å²) in [5, 5.41) is 11.1. The minimum atomic E-state index is -0.253. The summed E-state index contributed by atoms with van der Waals surface area (Å²) in [6.45, 7) is 6.28. The van der Waals surface area contributed by atoms with Crippen molar-refractivity contribution in [2.75, 3.05) is 19.0 Å². The van der Waals surface area contributed by atoms with Crippen molar-refractivity contribution in [3.05, 3.63) is 11.4 Å². The number of hydrogen-bond donors (Lipinski definition) is 1. The highest BCUT2D eigenvalue weighted by Crippen LogP contribution is 2.07. The van der Waals surface area contributed by atoms with Crippen molar-refractivity contribution >= 4 is 11.9 Å². The lowest BCUT2D eigenvalue weighted by Crippen LogP contribution is -2.22. The number of methoxy groups -OCH3 is 1. The summed E-state index contributed by atoms with van der Waals surface area (Å²) in [6, 6.07) is 0. The molecule has 0 aliphatic carbocycles. The van der Waals surface area contributed by atoms with Crippen LogP contribution in [-0.2, 0) is 22.4 Å². The second-order valence-corrected chi connectivity index (χ2v) is 4.04. The number of nitrogens with one attached hydrogen (secondary N) is 1. The molecular weight excluding hydrogens is 232 g/mol. The van der Waals surface area contributed by atoms with Crippen LogP contribution >= 0.6 is 0 Å². The molecule has 0 saturated heterocycles. The van der Waals surface area contributed by atoms with Crippen LogP contribution in [0.4, 0.5) is 5.95 Å². The summed E-state index contributed by atoms with van der Waals surface area (Å²) in [7, 11) is 1.38. The van der Waals surface area contributed by atoms with E-state index >= 15 is 0 Å². The van der Waals surface area contributed by atoms with Gasteiger partial charge in [-0.05, 0) is 12.8 Å². The Morgan fingerprint density at radius 1 is 1.28 bits per heavy atom. The minimum Gasteiger partial charge on any atom is -0.469 e. The summed E-state index contributed by atoms with van der Waals surface area (Å²) in [5.41, 5.74) is 1.87. The zero-order chi connectivity index (χ0) is 13.5. The molecule has 0 saturated carbocycles. The normalized spacial score (nSPS) is 12.0. The van der Waals surface area contributed by atoms with Crippen molar-refractivity contribution in [2.24, 2.45) is 5.92 Å². The third-order valence-electron chi connectivity index (χ3n) is 2.68. The van der Waals surface area contributed by atoms with E-state index in [-0.39, 0.29) is 11.9 Å². The first-order valence-corrected chi connectivity index (χ1v) is 6.16. The van der Waals surface area contributed by atoms with Gasteiger partial charge in [0.25, 0.3) is 0 Å². The fourth-order valence-electron chi connectivity index (χ4n) is 1.54. The van der Waals surface area contributed by atoms with Crippen LogP contribution in [0.15, 0.2) is 0 Å². The molecule has 18 heavy (non-hydrogen) atoms. The Labute approximate surface area is 107 Å². The Balaban J connectivity index is 2.65. The molecule has 1 N–H and O–H groups in total. The van der Waals surface area contributed by atoms with Crippen LogP contribution in [0, 0.1) is 5.92 Å². The fraction of sp³-hybridized carbons (Fsp3) is 0.667. The Bertz CT molecular complexity index is 409. The van der Waals surface area contributed by atoms with Crippen LogP contribution in [0.25, 0.3) is 0 Å². The van der Waals surface area contributed by atoms with Gasteiger partial charge in [0.15, 0.2) is 0 Å². The van der Waals surface area contributed by atoms with Crippen molar-refractivity contribution in [2.45, 2.75) is 33.6 Å². The van der Waals surface area contributed by atoms with Gasteiger partial charge in [-0.3, -0.25) is 4.79 Å². The van der Waals surface area contributed by atoms with E-state index in [4.69, 9.17) is 0 Å². The van der Waals surface area contributed by atoms with Gasteiger partial charge in [-0.25, -0.2) is 4.98 Å². The average molecular weight is 252 g/mol. The molecule has 0 aliphatic rings. The lowest BCUT2D eigenvalue weighted by atomic mass is 10.2. The topological polar surface area (TPSA) is 77.0 Å². The molecule has 1 aromatic heterocycles. The van der Waals surface area contributed by atoms with Crippen molar-refractivity contribution in [1.29, 1.82) is 0 Å². The molecule has 1 atom stereocenters. The molecular formula is C12H20N4O2. The Morgan fingerprint density at radius 3 is 2.50 bits per heavy atom. The van der Waals surface area contributed by atoms with Crippen molar-refractivity contribution in [3.8, 4) is 0 Å². The predicted octanol–water partition coefficient (Wildman–Crippen LogP) is 1.22. The number of anilines is 1. The zero-order valence-corrected chi connectivity index (χ0v) is 11.4. The molecule has 0 aliphatic heterocycles. The molecule has 1 rings (SSSR count). The smallest absolute Gasteiger partial charge is 0.310 e. The molecule has 100 valence electrons. The van der Waals surface area contributed by atoms with E-state index in [1.165, 1.54) is 7.11 Å². The number of carbonyl (C=O) groups excluding carboxylic acids is 1. The summed E-state index contributed by atoms with van der Waals surface area (Å²) in [4.78, 5) is 15.6. The number of aromatic nitrogens is 3. The van der Waals surface area contributed by atoms with E-state index < -0.39 is 0 Å². The van der Waals surface area contributed by atoms with Crippen molar-refractivity contribution < 1.29 is 9.53 Å². The molecule has 0 aromatic carbocycles. The summed E-state index contributed by atoms with van der Waals surface area (Å²) in [6.07, 6.45) is 1.64. The molecule has 1 aromatic rings. The third-order valence-corrected chi connectivity index (χ3v) is 2.68. The first kappa shape index (κ1) is 14.3. The maximum Gasteiger partial charge on any atom is 0.310 e. The molecule has 0 amide bonds. The van der Waals surface area contributed by atoms with Gasteiger partial charge in [0.1, 0.15) is 0 Å². The third kappa shape index (κ3) is 3.65. The van der Waals surface area contributed by atoms with Crippen molar-refractivity contribution in [1.82, 2.24) is 15.2 Å². The molecule has 1 unspecified atom stereocenters. The van der Waals surface area contributed by atoms with Gasteiger partial charge in [0, 0.05) is 6.54 Å². The summed E-state index contributed by atoms with van der Waals surface area (Å²) in [5.74, 6) is -0.0364. The number of esters is 1. The number of nitrogens with zero attached hydrogens (tertiary/aromatic N) is 3. The maximum absolute atomic E-state index is 11.2. The largest absolute Gasteiger partial charge is 0.469 e. The SMILES string of the molecule is CCc1nnc(NCC(C)C(=O)OC)nc1CC. The van der Waals surface area contributed by atoms with E-state index in [0.717, 1.165) is 24.2 Å². The van der Waals surface area contributed by atoms with Gasteiger partial charge in [-0.2, -0.15) is 5.10 Å². The Hall–Kier alpha value is -1.72. The van der Waals surface area contributed by atoms with Crippen LogP contribution in [-0.4, -0.2) is 34.8 Å². The van der Waals surface area contributed by atoms with Crippen LogP contribution in [0.1, 0.15) is 32.2 Å². The second kappa shape index (κ2) is 6.88. The van der Waals surface area contributed by atoms with Crippen LogP contribution < -0.4 is 5.32 Å². The lowest BCUT2D eigenvalue weighted by molar-refractivity contribution is -0.144. The van der Waals surface area contributed by atoms with Crippen molar-refractivity contribution in [3.63, 3.8) is 0 Å². The molecule has 0 radical (unpaired) electrons. The van der Waals surface area contributed by atoms with E-state index in [1.54, 1.807) is 6.92 Å². The van der Waals surface area contributed by atoms with Crippen LogP contribution in [0.3, 0.4) is 0 Å². The minimum absolute atomic E-state index is 0.241. The maximum atomic E-state index is 11.2. The highest BCUT2D eigenvalue weighted by molar-refractivity contribution is 5.72. The van der Waals surface area contributed by atoms with Crippen LogP contribution in [0.2, 0.25) is 0 Å². The molecule has 0 bridgehead atoms. The summed E-state index contributed by atoms with van der Waals surface area (Å²) >= 11 is 0. The van der Waals surface area contributed by atoms with E-state index in [9.17, 15) is 4.79 Å². The number of aryl methyl sites for hydroxylation is 2. The molecule has 0 fully saturated rings. The average Bonchev–Trinajstić information content (AvgIpc) is 2.43. The first-order valence-electron chi connectivity index (χ1n) is 6.16. The zero-order valence-electron chi connectivity index (χ0n) is 11.4. The molecule has 1 heterocycles. The van der Waals surface area contributed by atoms with E-state index in [2.05, 4.69) is 25.2 Å². The Kier molecular flexibility index (Phi) is 5.48. The molecule has 6 heteroatoms. The number of rotatable bonds is 6.